The molecule has 3 saturated heterocycles. The molecule has 0 bridgehead atoms. The van der Waals surface area contributed by atoms with Gasteiger partial charge < -0.3 is 14.6 Å². The minimum atomic E-state index is -1.39. The van der Waals surface area contributed by atoms with Gasteiger partial charge in [0.05, 0.1) is 12.3 Å². The SMILES string of the molecule is CCC1(CCCC(C(=O)N2CCN(C(=O)CCC(=O)ON3C(=O)CCC3=O)CC2)c2ccccc2)C(=O)NC(=O)NC1=O. The molecule has 1 unspecified atom stereocenters. The number of hydroxylamine groups is 2. The van der Waals surface area contributed by atoms with Crippen LogP contribution in [-0.4, -0.2) is 88.5 Å². The number of nitrogens with one attached hydrogen (secondary N) is 2. The van der Waals surface area contributed by atoms with Crippen molar-refractivity contribution in [1.29, 1.82) is 0 Å². The van der Waals surface area contributed by atoms with E-state index in [0.29, 0.717) is 17.9 Å². The van der Waals surface area contributed by atoms with E-state index < -0.39 is 47.0 Å². The average Bonchev–Trinajstić information content (AvgIpc) is 3.31. The van der Waals surface area contributed by atoms with Crippen LogP contribution in [0.4, 0.5) is 4.79 Å². The van der Waals surface area contributed by atoms with Crippen molar-refractivity contribution >= 4 is 47.4 Å². The number of barbiturate groups is 1. The second kappa shape index (κ2) is 13.6. The van der Waals surface area contributed by atoms with Crippen LogP contribution in [0.2, 0.25) is 0 Å². The Kier molecular flexibility index (Phi) is 9.88. The Morgan fingerprint density at radius 1 is 0.860 bits per heavy atom. The molecular weight excluding hydrogens is 562 g/mol. The Morgan fingerprint density at radius 3 is 2.02 bits per heavy atom. The van der Waals surface area contributed by atoms with Gasteiger partial charge in [0.15, 0.2) is 0 Å². The number of piperazine rings is 1. The van der Waals surface area contributed by atoms with Crippen LogP contribution in [-0.2, 0) is 38.4 Å². The number of carbonyl (C=O) groups is 8. The van der Waals surface area contributed by atoms with Crippen molar-refractivity contribution in [3.05, 3.63) is 35.9 Å². The van der Waals surface area contributed by atoms with Crippen LogP contribution in [0.15, 0.2) is 30.3 Å². The fourth-order valence-electron chi connectivity index (χ4n) is 5.60. The zero-order valence-electron chi connectivity index (χ0n) is 24.0. The normalized spacial score (nSPS) is 19.2. The lowest BCUT2D eigenvalue weighted by molar-refractivity contribution is -0.197. The summed E-state index contributed by atoms with van der Waals surface area (Å²) < 4.78 is 0. The third-order valence-corrected chi connectivity index (χ3v) is 8.21. The Morgan fingerprint density at radius 2 is 1.44 bits per heavy atom. The number of nitrogens with zero attached hydrogens (tertiary/aromatic N) is 3. The first kappa shape index (κ1) is 31.3. The molecule has 3 heterocycles. The van der Waals surface area contributed by atoms with Crippen molar-refractivity contribution < 1.29 is 43.2 Å². The number of urea groups is 1. The van der Waals surface area contributed by atoms with Gasteiger partial charge in [-0.1, -0.05) is 43.7 Å². The zero-order valence-corrected chi connectivity index (χ0v) is 24.0. The van der Waals surface area contributed by atoms with Crippen LogP contribution >= 0.6 is 0 Å². The smallest absolute Gasteiger partial charge is 0.333 e. The van der Waals surface area contributed by atoms with Crippen molar-refractivity contribution in [2.24, 2.45) is 5.41 Å². The molecule has 230 valence electrons. The molecule has 0 aliphatic carbocycles. The fraction of sp³-hybridized carbons (Fsp3) is 0.517. The minimum absolute atomic E-state index is 0.0187. The molecule has 0 radical (unpaired) electrons. The van der Waals surface area contributed by atoms with Gasteiger partial charge in [0, 0.05) is 45.4 Å². The molecule has 8 amide bonds. The number of amides is 8. The summed E-state index contributed by atoms with van der Waals surface area (Å²) in [6.07, 6.45) is 0.597. The summed E-state index contributed by atoms with van der Waals surface area (Å²) in [5, 5.41) is 4.79. The summed E-state index contributed by atoms with van der Waals surface area (Å²) in [7, 11) is 0. The van der Waals surface area contributed by atoms with Gasteiger partial charge in [-0.15, -0.1) is 5.06 Å². The molecule has 0 aromatic heterocycles. The lowest BCUT2D eigenvalue weighted by Gasteiger charge is -2.37. The van der Waals surface area contributed by atoms with Gasteiger partial charge in [-0.3, -0.25) is 39.4 Å². The summed E-state index contributed by atoms with van der Waals surface area (Å²) in [5.74, 6) is -4.31. The molecule has 1 aromatic carbocycles. The zero-order chi connectivity index (χ0) is 31.1. The van der Waals surface area contributed by atoms with Crippen LogP contribution in [0, 0.1) is 5.41 Å². The number of hydrogen-bond acceptors (Lipinski definition) is 9. The van der Waals surface area contributed by atoms with Crippen molar-refractivity contribution in [3.63, 3.8) is 0 Å². The molecule has 0 saturated carbocycles. The average molecular weight is 598 g/mol. The van der Waals surface area contributed by atoms with Crippen LogP contribution in [0.25, 0.3) is 0 Å². The number of imide groups is 3. The maximum absolute atomic E-state index is 13.7. The van der Waals surface area contributed by atoms with Gasteiger partial charge in [-0.05, 0) is 24.8 Å². The highest BCUT2D eigenvalue weighted by Crippen LogP contribution is 2.34. The Hall–Kier alpha value is -4.62. The highest BCUT2D eigenvalue weighted by atomic mass is 16.7. The Bertz CT molecular complexity index is 1270. The summed E-state index contributed by atoms with van der Waals surface area (Å²) in [4.78, 5) is 106. The van der Waals surface area contributed by atoms with Gasteiger partial charge in [-0.2, -0.15) is 0 Å². The maximum Gasteiger partial charge on any atom is 0.333 e. The van der Waals surface area contributed by atoms with E-state index in [-0.39, 0.29) is 76.5 Å². The lowest BCUT2D eigenvalue weighted by atomic mass is 9.76. The standard InChI is InChI=1S/C29H35N5O9/c1-2-29(26(40)30-28(42)31-27(29)41)14-6-9-20(19-7-4-3-5-8-19)25(39)33-17-15-32(16-18-33)21(35)12-13-24(38)43-34-22(36)10-11-23(34)37/h3-5,7-8,20H,2,6,9-18H2,1H3,(H2,30,31,40,41,42). The fourth-order valence-corrected chi connectivity index (χ4v) is 5.60. The lowest BCUT2D eigenvalue weighted by Crippen LogP contribution is -2.62. The predicted molar refractivity (Wildman–Crippen MR) is 147 cm³/mol. The molecule has 3 aliphatic rings. The molecule has 2 N–H and O–H groups in total. The molecule has 0 spiro atoms. The van der Waals surface area contributed by atoms with Crippen molar-refractivity contribution in [3.8, 4) is 0 Å². The molecular formula is C29H35N5O9. The number of carbonyl (C=O) groups excluding carboxylic acids is 8. The third kappa shape index (κ3) is 7.07. The van der Waals surface area contributed by atoms with Crippen molar-refractivity contribution in [2.75, 3.05) is 26.2 Å². The third-order valence-electron chi connectivity index (χ3n) is 8.21. The van der Waals surface area contributed by atoms with E-state index in [1.807, 2.05) is 30.3 Å². The first-order chi connectivity index (χ1) is 20.6. The highest BCUT2D eigenvalue weighted by molar-refractivity contribution is 6.19. The monoisotopic (exact) mass is 597 g/mol. The molecule has 3 aliphatic heterocycles. The van der Waals surface area contributed by atoms with Gasteiger partial charge in [0.2, 0.25) is 23.6 Å². The summed E-state index contributed by atoms with van der Waals surface area (Å²) >= 11 is 0. The minimum Gasteiger partial charge on any atom is -0.339 e. The molecule has 14 nitrogen and oxygen atoms in total. The molecule has 3 fully saturated rings. The second-order valence-electron chi connectivity index (χ2n) is 10.8. The first-order valence-electron chi connectivity index (χ1n) is 14.4. The van der Waals surface area contributed by atoms with E-state index in [1.54, 1.807) is 16.7 Å². The number of rotatable bonds is 11. The van der Waals surface area contributed by atoms with Crippen LogP contribution in [0.1, 0.15) is 69.8 Å². The highest BCUT2D eigenvalue weighted by Gasteiger charge is 2.48. The Balaban J connectivity index is 1.31. The number of hydrogen-bond donors (Lipinski definition) is 2. The largest absolute Gasteiger partial charge is 0.339 e. The topological polar surface area (TPSA) is 180 Å². The van der Waals surface area contributed by atoms with Crippen molar-refractivity contribution in [2.45, 2.75) is 64.2 Å². The van der Waals surface area contributed by atoms with E-state index in [4.69, 9.17) is 4.84 Å². The van der Waals surface area contributed by atoms with Gasteiger partial charge in [0.25, 0.3) is 11.8 Å². The van der Waals surface area contributed by atoms with Gasteiger partial charge in [-0.25, -0.2) is 9.59 Å². The molecule has 1 aromatic rings. The van der Waals surface area contributed by atoms with Gasteiger partial charge >= 0.3 is 12.0 Å². The van der Waals surface area contributed by atoms with Crippen molar-refractivity contribution in [1.82, 2.24) is 25.5 Å². The van der Waals surface area contributed by atoms with Crippen LogP contribution in [0.5, 0.6) is 0 Å². The van der Waals surface area contributed by atoms with E-state index in [9.17, 15) is 38.4 Å². The predicted octanol–water partition coefficient (Wildman–Crippen LogP) is 0.761. The molecule has 14 heteroatoms. The summed E-state index contributed by atoms with van der Waals surface area (Å²) in [6, 6.07) is 8.34. The van der Waals surface area contributed by atoms with E-state index in [1.165, 1.54) is 0 Å². The Labute approximate surface area is 248 Å². The van der Waals surface area contributed by atoms with E-state index >= 15 is 0 Å². The van der Waals surface area contributed by atoms with Gasteiger partial charge in [0.1, 0.15) is 5.41 Å². The van der Waals surface area contributed by atoms with E-state index in [0.717, 1.165) is 5.56 Å². The quantitative estimate of drug-likeness (QED) is 0.275. The molecule has 4 rings (SSSR count). The van der Waals surface area contributed by atoms with Crippen LogP contribution < -0.4 is 10.6 Å². The molecule has 1 atom stereocenters. The molecule has 43 heavy (non-hydrogen) atoms. The first-order valence-corrected chi connectivity index (χ1v) is 14.4. The summed E-state index contributed by atoms with van der Waals surface area (Å²) in [5.41, 5.74) is -0.603. The second-order valence-corrected chi connectivity index (χ2v) is 10.8. The summed E-state index contributed by atoms with van der Waals surface area (Å²) in [6.45, 7) is 2.78. The van der Waals surface area contributed by atoms with Crippen LogP contribution in [0.3, 0.4) is 0 Å². The number of benzene rings is 1. The van der Waals surface area contributed by atoms with E-state index in [2.05, 4.69) is 10.6 Å². The maximum atomic E-state index is 13.7.